The van der Waals surface area contributed by atoms with Gasteiger partial charge in [0.05, 0.1) is 18.4 Å². The van der Waals surface area contributed by atoms with E-state index in [-0.39, 0.29) is 23.7 Å². The van der Waals surface area contributed by atoms with Crippen molar-refractivity contribution < 1.29 is 9.59 Å². The number of nitrogens with one attached hydrogen (secondary N) is 1. The maximum atomic E-state index is 12.1. The quantitative estimate of drug-likeness (QED) is 0.585. The van der Waals surface area contributed by atoms with Crippen LogP contribution in [0.5, 0.6) is 0 Å². The van der Waals surface area contributed by atoms with Gasteiger partial charge in [-0.2, -0.15) is 0 Å². The van der Waals surface area contributed by atoms with Gasteiger partial charge in [0.2, 0.25) is 11.8 Å². The molecule has 3 rings (SSSR count). The van der Waals surface area contributed by atoms with E-state index < -0.39 is 0 Å². The molecule has 98 valence electrons. The SMILES string of the molecule is C=C(CNC1CC1)CN1C(=O)C2CCCC2C1=O. The van der Waals surface area contributed by atoms with Crippen molar-refractivity contribution in [1.82, 2.24) is 10.2 Å². The van der Waals surface area contributed by atoms with Crippen molar-refractivity contribution in [3.8, 4) is 0 Å². The summed E-state index contributed by atoms with van der Waals surface area (Å²) in [5.41, 5.74) is 0.934. The van der Waals surface area contributed by atoms with Crippen LogP contribution in [0.2, 0.25) is 0 Å². The van der Waals surface area contributed by atoms with E-state index in [4.69, 9.17) is 0 Å². The first kappa shape index (κ1) is 11.9. The van der Waals surface area contributed by atoms with Crippen molar-refractivity contribution >= 4 is 11.8 Å². The number of likely N-dealkylation sites (tertiary alicyclic amines) is 1. The molecule has 3 fully saturated rings. The highest BCUT2D eigenvalue weighted by Gasteiger charge is 2.49. The summed E-state index contributed by atoms with van der Waals surface area (Å²) in [6, 6.07) is 0.631. The van der Waals surface area contributed by atoms with Crippen molar-refractivity contribution in [2.24, 2.45) is 11.8 Å². The molecule has 18 heavy (non-hydrogen) atoms. The van der Waals surface area contributed by atoms with Gasteiger partial charge in [-0.3, -0.25) is 14.5 Å². The molecule has 4 nitrogen and oxygen atoms in total. The van der Waals surface area contributed by atoms with Crippen LogP contribution in [0.15, 0.2) is 12.2 Å². The van der Waals surface area contributed by atoms with E-state index in [1.165, 1.54) is 17.7 Å². The predicted octanol–water partition coefficient (Wildman–Crippen LogP) is 1.08. The summed E-state index contributed by atoms with van der Waals surface area (Å²) in [6.07, 6.45) is 5.26. The Bertz CT molecular complexity index is 379. The molecule has 0 bridgehead atoms. The van der Waals surface area contributed by atoms with Gasteiger partial charge < -0.3 is 5.32 Å². The van der Waals surface area contributed by atoms with Gasteiger partial charge in [0, 0.05) is 12.6 Å². The molecule has 1 heterocycles. The fourth-order valence-electron chi connectivity index (χ4n) is 3.07. The first-order chi connectivity index (χ1) is 8.66. The van der Waals surface area contributed by atoms with Crippen LogP contribution < -0.4 is 5.32 Å². The lowest BCUT2D eigenvalue weighted by Gasteiger charge is -2.17. The Labute approximate surface area is 107 Å². The predicted molar refractivity (Wildman–Crippen MR) is 67.7 cm³/mol. The topological polar surface area (TPSA) is 49.4 Å². The second-order valence-corrected chi connectivity index (χ2v) is 5.81. The second kappa shape index (κ2) is 4.50. The molecule has 4 heteroatoms. The Hall–Kier alpha value is -1.16. The van der Waals surface area contributed by atoms with Gasteiger partial charge in [-0.15, -0.1) is 0 Å². The van der Waals surface area contributed by atoms with Gasteiger partial charge >= 0.3 is 0 Å². The maximum Gasteiger partial charge on any atom is 0.233 e. The fourth-order valence-corrected chi connectivity index (χ4v) is 3.07. The number of carbonyl (C=O) groups excluding carboxylic acids is 2. The van der Waals surface area contributed by atoms with Crippen molar-refractivity contribution in [2.75, 3.05) is 13.1 Å². The number of hydrogen-bond acceptors (Lipinski definition) is 3. The number of nitrogens with zero attached hydrogens (tertiary/aromatic N) is 1. The molecule has 2 saturated carbocycles. The Kier molecular flexibility index (Phi) is 2.98. The lowest BCUT2D eigenvalue weighted by atomic mass is 10.00. The molecular formula is C14H20N2O2. The third-order valence-electron chi connectivity index (χ3n) is 4.28. The monoisotopic (exact) mass is 248 g/mol. The molecule has 2 amide bonds. The van der Waals surface area contributed by atoms with Crippen LogP contribution in [-0.4, -0.2) is 35.8 Å². The van der Waals surface area contributed by atoms with Crippen LogP contribution in [0, 0.1) is 11.8 Å². The zero-order valence-corrected chi connectivity index (χ0v) is 10.7. The van der Waals surface area contributed by atoms with Crippen LogP contribution >= 0.6 is 0 Å². The largest absolute Gasteiger partial charge is 0.310 e. The summed E-state index contributed by atoms with van der Waals surface area (Å²) in [4.78, 5) is 25.7. The maximum absolute atomic E-state index is 12.1. The summed E-state index contributed by atoms with van der Waals surface area (Å²) in [5, 5.41) is 3.36. The molecular weight excluding hydrogens is 228 g/mol. The minimum atomic E-state index is -0.0262. The molecule has 2 aliphatic carbocycles. The summed E-state index contributed by atoms with van der Waals surface area (Å²) in [6.45, 7) is 5.10. The molecule has 0 aromatic heterocycles. The molecule has 0 aromatic carbocycles. The number of carbonyl (C=O) groups is 2. The van der Waals surface area contributed by atoms with Crippen molar-refractivity contribution in [3.63, 3.8) is 0 Å². The lowest BCUT2D eigenvalue weighted by Crippen LogP contribution is -2.35. The van der Waals surface area contributed by atoms with Crippen molar-refractivity contribution in [2.45, 2.75) is 38.1 Å². The number of rotatable bonds is 5. The number of imide groups is 1. The minimum Gasteiger partial charge on any atom is -0.310 e. The third-order valence-corrected chi connectivity index (χ3v) is 4.28. The van der Waals surface area contributed by atoms with E-state index in [9.17, 15) is 9.59 Å². The minimum absolute atomic E-state index is 0.0262. The average Bonchev–Trinajstić information content (AvgIpc) is 3.01. The fraction of sp³-hybridized carbons (Fsp3) is 0.714. The van der Waals surface area contributed by atoms with Gasteiger partial charge in [-0.05, 0) is 31.3 Å². The summed E-state index contributed by atoms with van der Waals surface area (Å²) >= 11 is 0. The Morgan fingerprint density at radius 3 is 2.33 bits per heavy atom. The standard InChI is InChI=1S/C14H20N2O2/c1-9(7-15-10-5-6-10)8-16-13(17)11-3-2-4-12(11)14(16)18/h10-12,15H,1-8H2. The van der Waals surface area contributed by atoms with E-state index in [0.717, 1.165) is 31.4 Å². The highest BCUT2D eigenvalue weighted by molar-refractivity contribution is 6.05. The molecule has 0 radical (unpaired) electrons. The number of fused-ring (bicyclic) bond motifs is 1. The molecule has 1 aliphatic heterocycles. The van der Waals surface area contributed by atoms with E-state index in [1.54, 1.807) is 0 Å². The van der Waals surface area contributed by atoms with E-state index >= 15 is 0 Å². The normalized spacial score (nSPS) is 31.0. The smallest absolute Gasteiger partial charge is 0.233 e. The molecule has 1 saturated heterocycles. The molecule has 2 atom stereocenters. The van der Waals surface area contributed by atoms with Gasteiger partial charge in [0.1, 0.15) is 0 Å². The van der Waals surface area contributed by atoms with Gasteiger partial charge in [-0.25, -0.2) is 0 Å². The molecule has 3 aliphatic rings. The number of amides is 2. The van der Waals surface area contributed by atoms with Crippen molar-refractivity contribution in [3.05, 3.63) is 12.2 Å². The summed E-state index contributed by atoms with van der Waals surface area (Å²) in [5.74, 6) is 0.0218. The Morgan fingerprint density at radius 2 is 1.78 bits per heavy atom. The highest BCUT2D eigenvalue weighted by atomic mass is 16.2. The molecule has 0 spiro atoms. The zero-order valence-electron chi connectivity index (χ0n) is 10.7. The van der Waals surface area contributed by atoms with Gasteiger partial charge in [0.25, 0.3) is 0 Å². The highest BCUT2D eigenvalue weighted by Crippen LogP contribution is 2.39. The van der Waals surface area contributed by atoms with Crippen LogP contribution in [0.4, 0.5) is 0 Å². The van der Waals surface area contributed by atoms with Crippen molar-refractivity contribution in [1.29, 1.82) is 0 Å². The van der Waals surface area contributed by atoms with Crippen LogP contribution in [0.3, 0.4) is 0 Å². The van der Waals surface area contributed by atoms with E-state index in [0.29, 0.717) is 12.6 Å². The first-order valence-corrected chi connectivity index (χ1v) is 6.92. The molecule has 1 N–H and O–H groups in total. The second-order valence-electron chi connectivity index (χ2n) is 5.81. The van der Waals surface area contributed by atoms with Gasteiger partial charge in [-0.1, -0.05) is 13.0 Å². The summed E-state index contributed by atoms with van der Waals surface area (Å²) in [7, 11) is 0. The first-order valence-electron chi connectivity index (χ1n) is 6.92. The summed E-state index contributed by atoms with van der Waals surface area (Å²) < 4.78 is 0. The van der Waals surface area contributed by atoms with Crippen LogP contribution in [-0.2, 0) is 9.59 Å². The van der Waals surface area contributed by atoms with E-state index in [1.807, 2.05) is 0 Å². The van der Waals surface area contributed by atoms with Gasteiger partial charge in [0.15, 0.2) is 0 Å². The Morgan fingerprint density at radius 1 is 1.17 bits per heavy atom. The zero-order chi connectivity index (χ0) is 12.7. The van der Waals surface area contributed by atoms with E-state index in [2.05, 4.69) is 11.9 Å². The van der Waals surface area contributed by atoms with Crippen LogP contribution in [0.1, 0.15) is 32.1 Å². The number of hydrogen-bond donors (Lipinski definition) is 1. The van der Waals surface area contributed by atoms with Crippen LogP contribution in [0.25, 0.3) is 0 Å². The Balaban J connectivity index is 1.56. The lowest BCUT2D eigenvalue weighted by molar-refractivity contribution is -0.139. The molecule has 2 unspecified atom stereocenters. The average molecular weight is 248 g/mol. The third kappa shape index (κ3) is 2.09. The molecule has 0 aromatic rings.